The first-order valence-corrected chi connectivity index (χ1v) is 10.7. The van der Waals surface area contributed by atoms with Crippen LogP contribution >= 0.6 is 0 Å². The molecule has 3 heterocycles. The zero-order chi connectivity index (χ0) is 22.9. The summed E-state index contributed by atoms with van der Waals surface area (Å²) in [6.07, 6.45) is 2.31. The normalized spacial score (nSPS) is 15.0. The predicted octanol–water partition coefficient (Wildman–Crippen LogP) is 5.59. The molecule has 0 radical (unpaired) electrons. The summed E-state index contributed by atoms with van der Waals surface area (Å²) in [5, 5.41) is 4.92. The van der Waals surface area contributed by atoms with Gasteiger partial charge in [-0.1, -0.05) is 18.2 Å². The van der Waals surface area contributed by atoms with Crippen LogP contribution in [0.25, 0.3) is 11.1 Å². The molecule has 7 nitrogen and oxygen atoms in total. The third-order valence-corrected chi connectivity index (χ3v) is 5.96. The highest BCUT2D eigenvalue weighted by Crippen LogP contribution is 2.43. The van der Waals surface area contributed by atoms with E-state index in [1.165, 1.54) is 0 Å². The van der Waals surface area contributed by atoms with Crippen LogP contribution in [0, 0.1) is 6.92 Å². The van der Waals surface area contributed by atoms with Crippen molar-refractivity contribution in [1.29, 1.82) is 0 Å². The van der Waals surface area contributed by atoms with Crippen LogP contribution in [-0.4, -0.2) is 36.8 Å². The number of rotatable bonds is 6. The van der Waals surface area contributed by atoms with Gasteiger partial charge in [0.15, 0.2) is 17.3 Å². The number of ether oxygens (including phenoxy) is 3. The average Bonchev–Trinajstić information content (AvgIpc) is 3.50. The van der Waals surface area contributed by atoms with E-state index in [1.54, 1.807) is 27.6 Å². The minimum Gasteiger partial charge on any atom is -0.497 e. The molecule has 168 valence electrons. The number of nitrogens with zero attached hydrogens (tertiary/aromatic N) is 3. The lowest BCUT2D eigenvalue weighted by Crippen LogP contribution is -2.21. The van der Waals surface area contributed by atoms with Crippen molar-refractivity contribution >= 4 is 11.5 Å². The molecule has 1 aliphatic heterocycles. The first-order chi connectivity index (χ1) is 16.1. The van der Waals surface area contributed by atoms with Crippen molar-refractivity contribution in [2.24, 2.45) is 4.99 Å². The first-order valence-electron chi connectivity index (χ1n) is 10.7. The predicted molar refractivity (Wildman–Crippen MR) is 126 cm³/mol. The number of furan rings is 1. The summed E-state index contributed by atoms with van der Waals surface area (Å²) in [5.41, 5.74) is 4.86. The van der Waals surface area contributed by atoms with E-state index >= 15 is 0 Å². The lowest BCUT2D eigenvalue weighted by molar-refractivity contribution is 0.353. The van der Waals surface area contributed by atoms with E-state index in [-0.39, 0.29) is 6.04 Å². The highest BCUT2D eigenvalue weighted by atomic mass is 16.5. The fourth-order valence-electron chi connectivity index (χ4n) is 4.32. The Kier molecular flexibility index (Phi) is 5.38. The van der Waals surface area contributed by atoms with E-state index in [9.17, 15) is 0 Å². The van der Waals surface area contributed by atoms with Gasteiger partial charge in [0, 0.05) is 12.0 Å². The molecule has 4 aromatic rings. The zero-order valence-corrected chi connectivity index (χ0v) is 19.0. The van der Waals surface area contributed by atoms with Crippen LogP contribution in [0.5, 0.6) is 17.2 Å². The maximum Gasteiger partial charge on any atom is 0.161 e. The Morgan fingerprint density at radius 3 is 2.39 bits per heavy atom. The van der Waals surface area contributed by atoms with Gasteiger partial charge < -0.3 is 18.6 Å². The Balaban J connectivity index is 1.68. The number of hydrogen-bond donors (Lipinski definition) is 0. The van der Waals surface area contributed by atoms with Gasteiger partial charge in [0.2, 0.25) is 0 Å². The molecule has 0 saturated heterocycles. The van der Waals surface area contributed by atoms with E-state index < -0.39 is 0 Å². The zero-order valence-electron chi connectivity index (χ0n) is 19.0. The van der Waals surface area contributed by atoms with Gasteiger partial charge in [-0.05, 0) is 54.4 Å². The van der Waals surface area contributed by atoms with Crippen LogP contribution in [0.15, 0.2) is 70.3 Å². The van der Waals surface area contributed by atoms with Crippen LogP contribution in [0.1, 0.15) is 29.5 Å². The van der Waals surface area contributed by atoms with Gasteiger partial charge in [0.05, 0.1) is 45.0 Å². The summed E-state index contributed by atoms with van der Waals surface area (Å²) in [5.74, 6) is 3.73. The van der Waals surface area contributed by atoms with Crippen molar-refractivity contribution in [3.05, 3.63) is 77.9 Å². The van der Waals surface area contributed by atoms with Crippen LogP contribution in [0.4, 0.5) is 5.82 Å². The summed E-state index contributed by atoms with van der Waals surface area (Å²) >= 11 is 0. The summed E-state index contributed by atoms with van der Waals surface area (Å²) in [7, 11) is 4.94. The Hall–Kier alpha value is -4.00. The number of aryl methyl sites for hydroxylation is 1. The minimum atomic E-state index is -0.0805. The van der Waals surface area contributed by atoms with Crippen LogP contribution in [0.3, 0.4) is 0 Å². The van der Waals surface area contributed by atoms with Crippen molar-refractivity contribution in [2.45, 2.75) is 19.4 Å². The van der Waals surface area contributed by atoms with E-state index in [0.29, 0.717) is 17.9 Å². The molecular formula is C26H25N3O4. The molecule has 2 aromatic carbocycles. The third kappa shape index (κ3) is 3.65. The van der Waals surface area contributed by atoms with Crippen molar-refractivity contribution in [2.75, 3.05) is 21.3 Å². The van der Waals surface area contributed by atoms with Crippen LogP contribution < -0.4 is 14.2 Å². The molecule has 0 unspecified atom stereocenters. The molecule has 1 aliphatic rings. The van der Waals surface area contributed by atoms with E-state index in [2.05, 4.69) is 0 Å². The molecule has 1 atom stereocenters. The summed E-state index contributed by atoms with van der Waals surface area (Å²) in [6, 6.07) is 17.7. The Morgan fingerprint density at radius 1 is 0.939 bits per heavy atom. The molecule has 0 spiro atoms. The smallest absolute Gasteiger partial charge is 0.161 e. The topological polar surface area (TPSA) is 71.0 Å². The van der Waals surface area contributed by atoms with Crippen molar-refractivity contribution in [3.63, 3.8) is 0 Å². The van der Waals surface area contributed by atoms with Gasteiger partial charge in [0.25, 0.3) is 0 Å². The second kappa shape index (κ2) is 8.50. The third-order valence-electron chi connectivity index (χ3n) is 5.96. The minimum absolute atomic E-state index is 0.0805. The maximum atomic E-state index is 5.71. The van der Waals surface area contributed by atoms with Crippen molar-refractivity contribution in [1.82, 2.24) is 9.78 Å². The fraction of sp³-hybridized carbons (Fsp3) is 0.231. The second-order valence-electron chi connectivity index (χ2n) is 7.83. The van der Waals surface area contributed by atoms with Gasteiger partial charge in [-0.25, -0.2) is 9.67 Å². The molecule has 5 rings (SSSR count). The van der Waals surface area contributed by atoms with Gasteiger partial charge in [-0.2, -0.15) is 5.10 Å². The quantitative estimate of drug-likeness (QED) is 0.388. The number of hydrogen-bond acceptors (Lipinski definition) is 6. The summed E-state index contributed by atoms with van der Waals surface area (Å²) in [6.45, 7) is 2.01. The van der Waals surface area contributed by atoms with Gasteiger partial charge in [0.1, 0.15) is 11.5 Å². The molecular weight excluding hydrogens is 418 g/mol. The Bertz CT molecular complexity index is 1300. The maximum absolute atomic E-state index is 5.71. The van der Waals surface area contributed by atoms with Gasteiger partial charge in [-0.15, -0.1) is 0 Å². The molecule has 0 bridgehead atoms. The lowest BCUT2D eigenvalue weighted by Gasteiger charge is -2.25. The number of aromatic nitrogens is 2. The SMILES string of the molecule is COc1ccc(-c2c(C)nn3c2N=C(c2ccco2)C[C@@H]3c2ccc(OC)c(OC)c2)cc1. The van der Waals surface area contributed by atoms with E-state index in [1.807, 2.05) is 66.2 Å². The second-order valence-corrected chi connectivity index (χ2v) is 7.83. The fourth-order valence-corrected chi connectivity index (χ4v) is 4.32. The molecule has 7 heteroatoms. The molecule has 0 saturated carbocycles. The van der Waals surface area contributed by atoms with E-state index in [0.717, 1.165) is 45.4 Å². The first kappa shape index (κ1) is 20.9. The van der Waals surface area contributed by atoms with Gasteiger partial charge in [-0.3, -0.25) is 0 Å². The molecule has 2 aromatic heterocycles. The van der Waals surface area contributed by atoms with Crippen molar-refractivity contribution < 1.29 is 18.6 Å². The van der Waals surface area contributed by atoms with Crippen molar-refractivity contribution in [3.8, 4) is 28.4 Å². The monoisotopic (exact) mass is 443 g/mol. The number of fused-ring (bicyclic) bond motifs is 1. The largest absolute Gasteiger partial charge is 0.497 e. The molecule has 0 aliphatic carbocycles. The molecule has 0 fully saturated rings. The standard InChI is InChI=1S/C26H25N3O4/c1-16-25(17-7-10-19(30-2)11-8-17)26-27-20(22-6-5-13-33-22)15-21(29(26)28-16)18-9-12-23(31-3)24(14-18)32-4/h5-14,21H,15H2,1-4H3/t21-/m1/s1. The summed E-state index contributed by atoms with van der Waals surface area (Å²) in [4.78, 5) is 5.02. The van der Waals surface area contributed by atoms with Gasteiger partial charge >= 0.3 is 0 Å². The number of methoxy groups -OCH3 is 3. The molecule has 33 heavy (non-hydrogen) atoms. The Morgan fingerprint density at radius 2 is 1.73 bits per heavy atom. The number of benzene rings is 2. The lowest BCUT2D eigenvalue weighted by atomic mass is 9.97. The van der Waals surface area contributed by atoms with Crippen LogP contribution in [0.2, 0.25) is 0 Å². The van der Waals surface area contributed by atoms with Crippen LogP contribution in [-0.2, 0) is 0 Å². The summed E-state index contributed by atoms with van der Waals surface area (Å²) < 4.78 is 24.0. The highest BCUT2D eigenvalue weighted by Gasteiger charge is 2.31. The molecule has 0 amide bonds. The van der Waals surface area contributed by atoms with E-state index in [4.69, 9.17) is 28.7 Å². The Labute approximate surface area is 192 Å². The molecule has 0 N–H and O–H groups in total. The average molecular weight is 444 g/mol. The number of aliphatic imine (C=N–C) groups is 1. The highest BCUT2D eigenvalue weighted by molar-refractivity contribution is 6.02.